The van der Waals surface area contributed by atoms with Crippen LogP contribution in [0.5, 0.6) is 0 Å². The average Bonchev–Trinajstić information content (AvgIpc) is 3.05. The van der Waals surface area contributed by atoms with Crippen molar-refractivity contribution in [1.29, 1.82) is 0 Å². The molecule has 0 radical (unpaired) electrons. The Bertz CT molecular complexity index is 797. The predicted molar refractivity (Wildman–Crippen MR) is 84.6 cm³/mol. The van der Waals surface area contributed by atoms with E-state index in [0.717, 1.165) is 10.9 Å². The fraction of sp³-hybridized carbons (Fsp3) is 0.400. The summed E-state index contributed by atoms with van der Waals surface area (Å²) in [5, 5.41) is 6.17. The van der Waals surface area contributed by atoms with Gasteiger partial charge < -0.3 is 9.47 Å². The quantitative estimate of drug-likeness (QED) is 0.903. The number of sulfonamides is 1. The topological polar surface area (TPSA) is 85.4 Å². The van der Waals surface area contributed by atoms with Gasteiger partial charge in [0.2, 0.25) is 15.9 Å². The van der Waals surface area contributed by atoms with Crippen LogP contribution >= 0.6 is 0 Å². The van der Waals surface area contributed by atoms with Crippen molar-refractivity contribution in [3.8, 4) is 0 Å². The zero-order valence-electron chi connectivity index (χ0n) is 12.2. The summed E-state index contributed by atoms with van der Waals surface area (Å²) in [6.07, 6.45) is 2.59. The Hall–Kier alpha value is -1.86. The molecule has 0 bridgehead atoms. The van der Waals surface area contributed by atoms with Crippen molar-refractivity contribution >= 4 is 26.8 Å². The van der Waals surface area contributed by atoms with Gasteiger partial charge >= 0.3 is 0 Å². The Balaban J connectivity index is 1.66. The molecule has 1 saturated heterocycles. The van der Waals surface area contributed by atoms with Gasteiger partial charge in [-0.15, -0.1) is 0 Å². The summed E-state index contributed by atoms with van der Waals surface area (Å²) in [7, 11) is -3.48. The van der Waals surface area contributed by atoms with E-state index in [-0.39, 0.29) is 24.1 Å². The van der Waals surface area contributed by atoms with Crippen LogP contribution < -0.4 is 5.14 Å². The highest BCUT2D eigenvalue weighted by atomic mass is 32.2. The first-order chi connectivity index (χ1) is 10.4. The number of para-hydroxylation sites is 1. The van der Waals surface area contributed by atoms with Crippen LogP contribution in [0.3, 0.4) is 0 Å². The molecule has 0 spiro atoms. The molecule has 0 saturated carbocycles. The van der Waals surface area contributed by atoms with Gasteiger partial charge in [0.1, 0.15) is 6.54 Å². The van der Waals surface area contributed by atoms with E-state index in [2.05, 4.69) is 0 Å². The fourth-order valence-electron chi connectivity index (χ4n) is 3.05. The lowest BCUT2D eigenvalue weighted by Gasteiger charge is -2.17. The van der Waals surface area contributed by atoms with Crippen molar-refractivity contribution in [1.82, 2.24) is 9.47 Å². The molecule has 1 aromatic heterocycles. The van der Waals surface area contributed by atoms with Gasteiger partial charge in [-0.25, -0.2) is 13.6 Å². The first kappa shape index (κ1) is 15.1. The molecule has 2 N–H and O–H groups in total. The Kier molecular flexibility index (Phi) is 3.92. The minimum absolute atomic E-state index is 0.0123. The molecule has 3 rings (SSSR count). The highest BCUT2D eigenvalue weighted by molar-refractivity contribution is 7.89. The monoisotopic (exact) mass is 321 g/mol. The molecule has 6 nitrogen and oxygen atoms in total. The number of amides is 1. The van der Waals surface area contributed by atoms with E-state index in [1.54, 1.807) is 4.90 Å². The number of carbonyl (C=O) groups is 1. The van der Waals surface area contributed by atoms with E-state index < -0.39 is 10.0 Å². The lowest BCUT2D eigenvalue weighted by atomic mass is 10.2. The summed E-state index contributed by atoms with van der Waals surface area (Å²) in [6.45, 7) is 1.34. The van der Waals surface area contributed by atoms with Crippen LogP contribution in [0.25, 0.3) is 10.9 Å². The summed E-state index contributed by atoms with van der Waals surface area (Å²) < 4.78 is 24.2. The standard InChI is InChI=1S/C15H19N3O3S/c16-22(20,21)11-12-5-7-18(9-12)15(19)10-17-8-6-13-3-1-2-4-14(13)17/h1-4,6,8,12H,5,7,9-11H2,(H2,16,20,21)/t12-/m0/s1. The molecule has 7 heteroatoms. The van der Waals surface area contributed by atoms with Gasteiger partial charge in [0.05, 0.1) is 5.75 Å². The molecule has 0 unspecified atom stereocenters. The first-order valence-electron chi connectivity index (χ1n) is 7.24. The molecule has 1 amide bonds. The van der Waals surface area contributed by atoms with Crippen molar-refractivity contribution in [3.63, 3.8) is 0 Å². The summed E-state index contributed by atoms with van der Waals surface area (Å²) in [5.74, 6) is -0.0953. The van der Waals surface area contributed by atoms with Crippen LogP contribution in [0.1, 0.15) is 6.42 Å². The maximum absolute atomic E-state index is 12.4. The van der Waals surface area contributed by atoms with Crippen LogP contribution in [0.2, 0.25) is 0 Å². The molecule has 1 atom stereocenters. The number of fused-ring (bicyclic) bond motifs is 1. The van der Waals surface area contributed by atoms with Crippen LogP contribution in [0.4, 0.5) is 0 Å². The van der Waals surface area contributed by atoms with Crippen molar-refractivity contribution in [2.75, 3.05) is 18.8 Å². The second-order valence-electron chi connectivity index (χ2n) is 5.83. The van der Waals surface area contributed by atoms with E-state index in [1.807, 2.05) is 41.1 Å². The number of nitrogens with two attached hydrogens (primary N) is 1. The zero-order valence-corrected chi connectivity index (χ0v) is 13.0. The van der Waals surface area contributed by atoms with Gasteiger partial charge in [0, 0.05) is 24.8 Å². The maximum atomic E-state index is 12.4. The number of hydrogen-bond donors (Lipinski definition) is 1. The van der Waals surface area contributed by atoms with Crippen LogP contribution in [-0.4, -0.2) is 42.6 Å². The van der Waals surface area contributed by atoms with Crippen molar-refractivity contribution in [3.05, 3.63) is 36.5 Å². The van der Waals surface area contributed by atoms with Crippen molar-refractivity contribution in [2.24, 2.45) is 11.1 Å². The number of rotatable bonds is 4. The number of aromatic nitrogens is 1. The summed E-state index contributed by atoms with van der Waals surface area (Å²) in [5.41, 5.74) is 1.02. The molecular weight excluding hydrogens is 302 g/mol. The van der Waals surface area contributed by atoms with Gasteiger partial charge in [-0.3, -0.25) is 4.79 Å². The van der Waals surface area contributed by atoms with Crippen molar-refractivity contribution < 1.29 is 13.2 Å². The second kappa shape index (κ2) is 5.73. The van der Waals surface area contributed by atoms with Gasteiger partial charge in [-0.2, -0.15) is 0 Å². The summed E-state index contributed by atoms with van der Waals surface area (Å²) in [6, 6.07) is 9.88. The Morgan fingerprint density at radius 2 is 2.05 bits per heavy atom. The van der Waals surface area contributed by atoms with E-state index in [4.69, 9.17) is 5.14 Å². The molecule has 0 aliphatic carbocycles. The smallest absolute Gasteiger partial charge is 0.242 e. The van der Waals surface area contributed by atoms with Gasteiger partial charge in [-0.1, -0.05) is 18.2 Å². The number of carbonyl (C=O) groups excluding carboxylic acids is 1. The zero-order chi connectivity index (χ0) is 15.7. The minimum atomic E-state index is -3.48. The number of benzene rings is 1. The summed E-state index contributed by atoms with van der Waals surface area (Å²) in [4.78, 5) is 14.1. The van der Waals surface area contributed by atoms with Crippen LogP contribution in [0, 0.1) is 5.92 Å². The summed E-state index contributed by atoms with van der Waals surface area (Å²) >= 11 is 0. The SMILES string of the molecule is NS(=O)(=O)C[C@H]1CCN(C(=O)Cn2ccc3ccccc32)C1. The molecule has 1 aromatic carbocycles. The Morgan fingerprint density at radius 3 is 2.82 bits per heavy atom. The highest BCUT2D eigenvalue weighted by Gasteiger charge is 2.28. The number of nitrogens with zero attached hydrogens (tertiary/aromatic N) is 2. The number of primary sulfonamides is 1. The molecule has 118 valence electrons. The molecule has 22 heavy (non-hydrogen) atoms. The average molecular weight is 321 g/mol. The largest absolute Gasteiger partial charge is 0.341 e. The van der Waals surface area contributed by atoms with E-state index >= 15 is 0 Å². The maximum Gasteiger partial charge on any atom is 0.242 e. The molecular formula is C15H19N3O3S. The van der Waals surface area contributed by atoms with Crippen LogP contribution in [0.15, 0.2) is 36.5 Å². The minimum Gasteiger partial charge on any atom is -0.341 e. The number of hydrogen-bond acceptors (Lipinski definition) is 3. The van der Waals surface area contributed by atoms with Gasteiger partial charge in [0.25, 0.3) is 0 Å². The third-order valence-corrected chi connectivity index (χ3v) is 5.03. The fourth-order valence-corrected chi connectivity index (χ4v) is 3.98. The van der Waals surface area contributed by atoms with E-state index in [9.17, 15) is 13.2 Å². The van der Waals surface area contributed by atoms with Gasteiger partial charge in [-0.05, 0) is 29.9 Å². The molecule has 1 fully saturated rings. The second-order valence-corrected chi connectivity index (χ2v) is 7.49. The third kappa shape index (κ3) is 3.31. The molecule has 2 heterocycles. The number of likely N-dealkylation sites (tertiary alicyclic amines) is 1. The molecule has 1 aliphatic heterocycles. The van der Waals surface area contributed by atoms with E-state index in [0.29, 0.717) is 19.5 Å². The lowest BCUT2D eigenvalue weighted by molar-refractivity contribution is -0.130. The molecule has 2 aromatic rings. The highest BCUT2D eigenvalue weighted by Crippen LogP contribution is 2.19. The molecule has 1 aliphatic rings. The predicted octanol–water partition coefficient (Wildman–Crippen LogP) is 0.778. The lowest BCUT2D eigenvalue weighted by Crippen LogP contribution is -2.33. The first-order valence-corrected chi connectivity index (χ1v) is 8.96. The van der Waals surface area contributed by atoms with Gasteiger partial charge in [0.15, 0.2) is 0 Å². The van der Waals surface area contributed by atoms with Crippen LogP contribution in [-0.2, 0) is 21.4 Å². The Morgan fingerprint density at radius 1 is 1.27 bits per heavy atom. The van der Waals surface area contributed by atoms with E-state index in [1.165, 1.54) is 0 Å². The third-order valence-electron chi connectivity index (χ3n) is 4.09. The Labute approximate surface area is 129 Å². The van der Waals surface area contributed by atoms with Crippen molar-refractivity contribution in [2.45, 2.75) is 13.0 Å². The normalized spacial score (nSPS) is 19.0.